The smallest absolute Gasteiger partial charge is 0.270 e. The van der Waals surface area contributed by atoms with Crippen LogP contribution in [0.5, 0.6) is 0 Å². The van der Waals surface area contributed by atoms with Crippen molar-refractivity contribution in [3.05, 3.63) is 46.8 Å². The van der Waals surface area contributed by atoms with Gasteiger partial charge in [-0.15, -0.1) is 0 Å². The summed E-state index contributed by atoms with van der Waals surface area (Å²) in [6.45, 7) is 6.85. The third-order valence-electron chi connectivity index (χ3n) is 3.44. The number of aryl methyl sites for hydroxylation is 3. The molecule has 0 aliphatic rings. The van der Waals surface area contributed by atoms with E-state index < -0.39 is 0 Å². The summed E-state index contributed by atoms with van der Waals surface area (Å²) in [5, 5.41) is 5.90. The molecule has 0 radical (unpaired) electrons. The lowest BCUT2D eigenvalue weighted by atomic mass is 10.1. The molecule has 23 heavy (non-hydrogen) atoms. The fourth-order valence-corrected chi connectivity index (χ4v) is 2.05. The standard InChI is InChI=1S/C17H22N4O2/c1-11-5-6-14(9-12(11)2)20-17-19-13(3)10-15(21-17)16(22)18-7-8-23-4/h5-6,9-10H,7-8H2,1-4H3,(H,18,22)(H,19,20,21). The van der Waals surface area contributed by atoms with Gasteiger partial charge < -0.3 is 15.4 Å². The van der Waals surface area contributed by atoms with Gasteiger partial charge in [-0.3, -0.25) is 4.79 Å². The first kappa shape index (κ1) is 16.9. The maximum atomic E-state index is 12.1. The van der Waals surface area contributed by atoms with Crippen molar-refractivity contribution >= 4 is 17.5 Å². The Morgan fingerprint density at radius 1 is 1.13 bits per heavy atom. The quantitative estimate of drug-likeness (QED) is 0.801. The Morgan fingerprint density at radius 3 is 2.61 bits per heavy atom. The van der Waals surface area contributed by atoms with E-state index in [0.717, 1.165) is 11.4 Å². The minimum Gasteiger partial charge on any atom is -0.383 e. The molecule has 0 aliphatic heterocycles. The molecule has 6 heteroatoms. The molecule has 0 unspecified atom stereocenters. The summed E-state index contributed by atoms with van der Waals surface area (Å²) in [5.41, 5.74) is 4.35. The van der Waals surface area contributed by atoms with Crippen molar-refractivity contribution in [3.63, 3.8) is 0 Å². The predicted molar refractivity (Wildman–Crippen MR) is 90.2 cm³/mol. The monoisotopic (exact) mass is 314 g/mol. The van der Waals surface area contributed by atoms with Crippen LogP contribution in [0, 0.1) is 20.8 Å². The normalized spacial score (nSPS) is 10.4. The molecule has 0 bridgehead atoms. The lowest BCUT2D eigenvalue weighted by Gasteiger charge is -2.10. The van der Waals surface area contributed by atoms with E-state index in [1.54, 1.807) is 13.2 Å². The molecule has 6 nitrogen and oxygen atoms in total. The lowest BCUT2D eigenvalue weighted by Crippen LogP contribution is -2.28. The molecular formula is C17H22N4O2. The highest BCUT2D eigenvalue weighted by atomic mass is 16.5. The van der Waals surface area contributed by atoms with Crippen molar-refractivity contribution in [1.29, 1.82) is 0 Å². The van der Waals surface area contributed by atoms with Gasteiger partial charge in [0, 0.05) is 25.0 Å². The van der Waals surface area contributed by atoms with Gasteiger partial charge in [-0.05, 0) is 50.1 Å². The van der Waals surface area contributed by atoms with Crippen molar-refractivity contribution in [2.75, 3.05) is 25.6 Å². The summed E-state index contributed by atoms with van der Waals surface area (Å²) in [4.78, 5) is 20.7. The first-order chi connectivity index (χ1) is 11.0. The van der Waals surface area contributed by atoms with Crippen LogP contribution in [0.3, 0.4) is 0 Å². The third-order valence-corrected chi connectivity index (χ3v) is 3.44. The van der Waals surface area contributed by atoms with Gasteiger partial charge in [-0.1, -0.05) is 6.07 Å². The molecule has 1 amide bonds. The first-order valence-electron chi connectivity index (χ1n) is 7.46. The number of anilines is 2. The molecule has 0 atom stereocenters. The van der Waals surface area contributed by atoms with Gasteiger partial charge >= 0.3 is 0 Å². The van der Waals surface area contributed by atoms with E-state index in [1.807, 2.05) is 32.0 Å². The summed E-state index contributed by atoms with van der Waals surface area (Å²) in [5.74, 6) is 0.167. The number of carbonyl (C=O) groups is 1. The Bertz CT molecular complexity index is 701. The molecular weight excluding hydrogens is 292 g/mol. The van der Waals surface area contributed by atoms with Crippen molar-refractivity contribution in [3.8, 4) is 0 Å². The van der Waals surface area contributed by atoms with E-state index in [0.29, 0.717) is 24.8 Å². The van der Waals surface area contributed by atoms with Crippen molar-refractivity contribution in [2.24, 2.45) is 0 Å². The highest BCUT2D eigenvalue weighted by Crippen LogP contribution is 2.17. The van der Waals surface area contributed by atoms with Crippen LogP contribution in [0.15, 0.2) is 24.3 Å². The highest BCUT2D eigenvalue weighted by Gasteiger charge is 2.10. The van der Waals surface area contributed by atoms with Gasteiger partial charge in [-0.25, -0.2) is 9.97 Å². The number of amides is 1. The van der Waals surface area contributed by atoms with Gasteiger partial charge in [-0.2, -0.15) is 0 Å². The largest absolute Gasteiger partial charge is 0.383 e. The zero-order valence-electron chi connectivity index (χ0n) is 13.9. The number of rotatable bonds is 6. The second-order valence-electron chi connectivity index (χ2n) is 5.39. The Balaban J connectivity index is 2.16. The van der Waals surface area contributed by atoms with E-state index >= 15 is 0 Å². The maximum Gasteiger partial charge on any atom is 0.270 e. The number of hydrogen-bond acceptors (Lipinski definition) is 5. The molecule has 0 saturated carbocycles. The number of nitrogens with zero attached hydrogens (tertiary/aromatic N) is 2. The average Bonchev–Trinajstić information content (AvgIpc) is 2.50. The van der Waals surface area contributed by atoms with E-state index in [2.05, 4.69) is 27.5 Å². The maximum absolute atomic E-state index is 12.1. The summed E-state index contributed by atoms with van der Waals surface area (Å²) in [7, 11) is 1.59. The zero-order valence-corrected chi connectivity index (χ0v) is 13.9. The number of aromatic nitrogens is 2. The molecule has 2 N–H and O–H groups in total. The van der Waals surface area contributed by atoms with Crippen LogP contribution in [0.1, 0.15) is 27.3 Å². The minimum atomic E-state index is -0.240. The molecule has 0 spiro atoms. The summed E-state index contributed by atoms with van der Waals surface area (Å²) >= 11 is 0. The molecule has 0 aliphatic carbocycles. The number of benzene rings is 1. The van der Waals surface area contributed by atoms with Crippen LogP contribution in [0.2, 0.25) is 0 Å². The Hall–Kier alpha value is -2.47. The second kappa shape index (κ2) is 7.69. The summed E-state index contributed by atoms with van der Waals surface area (Å²) in [6, 6.07) is 7.69. The second-order valence-corrected chi connectivity index (χ2v) is 5.39. The molecule has 2 aromatic rings. The lowest BCUT2D eigenvalue weighted by molar-refractivity contribution is 0.0932. The predicted octanol–water partition coefficient (Wildman–Crippen LogP) is 2.52. The number of methoxy groups -OCH3 is 1. The molecule has 2 rings (SSSR count). The molecule has 0 fully saturated rings. The van der Waals surface area contributed by atoms with Crippen molar-refractivity contribution in [1.82, 2.24) is 15.3 Å². The molecule has 0 saturated heterocycles. The molecule has 122 valence electrons. The highest BCUT2D eigenvalue weighted by molar-refractivity contribution is 5.92. The Morgan fingerprint density at radius 2 is 1.91 bits per heavy atom. The number of carbonyl (C=O) groups excluding carboxylic acids is 1. The van der Waals surface area contributed by atoms with Crippen LogP contribution >= 0.6 is 0 Å². The van der Waals surface area contributed by atoms with E-state index in [4.69, 9.17) is 4.74 Å². The fraction of sp³-hybridized carbons (Fsp3) is 0.353. The van der Waals surface area contributed by atoms with Gasteiger partial charge in [0.1, 0.15) is 5.69 Å². The topological polar surface area (TPSA) is 76.1 Å². The SMILES string of the molecule is COCCNC(=O)c1cc(C)nc(Nc2ccc(C)c(C)c2)n1. The van der Waals surface area contributed by atoms with E-state index in [1.165, 1.54) is 11.1 Å². The minimum absolute atomic E-state index is 0.240. The molecule has 1 heterocycles. The molecule has 1 aromatic heterocycles. The van der Waals surface area contributed by atoms with E-state index in [9.17, 15) is 4.79 Å². The van der Waals surface area contributed by atoms with Gasteiger partial charge in [0.25, 0.3) is 5.91 Å². The molecule has 1 aromatic carbocycles. The van der Waals surface area contributed by atoms with Crippen LogP contribution in [0.25, 0.3) is 0 Å². The first-order valence-corrected chi connectivity index (χ1v) is 7.46. The van der Waals surface area contributed by atoms with Gasteiger partial charge in [0.05, 0.1) is 6.61 Å². The Labute approximate surface area is 136 Å². The summed E-state index contributed by atoms with van der Waals surface area (Å²) < 4.78 is 4.92. The van der Waals surface area contributed by atoms with E-state index in [-0.39, 0.29) is 5.91 Å². The van der Waals surface area contributed by atoms with Crippen LogP contribution in [-0.4, -0.2) is 36.1 Å². The van der Waals surface area contributed by atoms with Crippen LogP contribution < -0.4 is 10.6 Å². The average molecular weight is 314 g/mol. The third kappa shape index (κ3) is 4.75. The van der Waals surface area contributed by atoms with Crippen LogP contribution in [-0.2, 0) is 4.74 Å². The number of nitrogens with one attached hydrogen (secondary N) is 2. The van der Waals surface area contributed by atoms with Gasteiger partial charge in [0.15, 0.2) is 0 Å². The van der Waals surface area contributed by atoms with Crippen molar-refractivity contribution < 1.29 is 9.53 Å². The Kier molecular flexibility index (Phi) is 5.65. The number of ether oxygens (including phenoxy) is 1. The fourth-order valence-electron chi connectivity index (χ4n) is 2.05. The zero-order chi connectivity index (χ0) is 16.8. The number of hydrogen-bond donors (Lipinski definition) is 2. The summed E-state index contributed by atoms with van der Waals surface area (Å²) in [6.07, 6.45) is 0. The van der Waals surface area contributed by atoms with Crippen LogP contribution in [0.4, 0.5) is 11.6 Å². The van der Waals surface area contributed by atoms with Crippen molar-refractivity contribution in [2.45, 2.75) is 20.8 Å². The van der Waals surface area contributed by atoms with Gasteiger partial charge in [0.2, 0.25) is 5.95 Å².